The van der Waals surface area contributed by atoms with Crippen molar-refractivity contribution in [1.82, 2.24) is 0 Å². The van der Waals surface area contributed by atoms with E-state index in [0.717, 1.165) is 0 Å². The summed E-state index contributed by atoms with van der Waals surface area (Å²) in [6.07, 6.45) is 5.22. The second-order valence-electron chi connectivity index (χ2n) is 16.3. The van der Waals surface area contributed by atoms with Crippen LogP contribution in [0.1, 0.15) is 106 Å². The fraction of sp³-hybridized carbons (Fsp3) is 0.341. The smallest absolute Gasteiger partial charge is 1.00 e. The summed E-state index contributed by atoms with van der Waals surface area (Å²) in [6, 6.07) is 37.7. The van der Waals surface area contributed by atoms with Crippen molar-refractivity contribution in [3.05, 3.63) is 151 Å². The zero-order valence-electron chi connectivity index (χ0n) is 29.8. The van der Waals surface area contributed by atoms with Crippen molar-refractivity contribution in [2.45, 2.75) is 83.7 Å². The summed E-state index contributed by atoms with van der Waals surface area (Å²) < 4.78 is 3.73. The van der Waals surface area contributed by atoms with Crippen LogP contribution >= 0.6 is 0 Å². The third-order valence-corrected chi connectivity index (χ3v) is 18.5. The Morgan fingerprint density at radius 1 is 0.553 bits per heavy atom. The molecule has 0 saturated heterocycles. The Morgan fingerprint density at radius 3 is 1.34 bits per heavy atom. The quantitative estimate of drug-likeness (QED) is 0.250. The van der Waals surface area contributed by atoms with E-state index in [4.69, 9.17) is 0 Å². The summed E-state index contributed by atoms with van der Waals surface area (Å²) in [5.74, 6) is 0.436. The first kappa shape index (κ1) is 37.5. The molecule has 0 N–H and O–H groups in total. The molecule has 0 aromatic heterocycles. The van der Waals surface area contributed by atoms with E-state index in [0.29, 0.717) is 9.54 Å². The molecular formula is C44H50Cl2Zr. The third kappa shape index (κ3) is 7.34. The number of fused-ring (bicyclic) bond motifs is 3. The molecular weight excluding hydrogens is 691 g/mol. The molecule has 3 heteroatoms. The molecule has 0 amide bonds. The fourth-order valence-electron chi connectivity index (χ4n) is 7.13. The first-order valence-corrected chi connectivity index (χ1v) is 20.6. The number of benzene rings is 4. The van der Waals surface area contributed by atoms with E-state index in [2.05, 4.69) is 178 Å². The normalized spacial score (nSPS) is 15.7. The second-order valence-corrected chi connectivity index (χ2v) is 22.4. The van der Waals surface area contributed by atoms with Crippen LogP contribution in [0.25, 0.3) is 11.1 Å². The molecule has 244 valence electrons. The van der Waals surface area contributed by atoms with Crippen molar-refractivity contribution in [1.29, 1.82) is 0 Å². The van der Waals surface area contributed by atoms with E-state index in [-0.39, 0.29) is 41.1 Å². The summed E-state index contributed by atoms with van der Waals surface area (Å²) in [4.78, 5) is 0. The van der Waals surface area contributed by atoms with Crippen molar-refractivity contribution in [2.75, 3.05) is 0 Å². The maximum absolute atomic E-state index is 2.82. The van der Waals surface area contributed by atoms with Crippen LogP contribution in [-0.4, -0.2) is 3.21 Å². The number of hydrogen-bond acceptors (Lipinski definition) is 0. The van der Waals surface area contributed by atoms with Gasteiger partial charge in [0, 0.05) is 0 Å². The number of rotatable bonds is 4. The van der Waals surface area contributed by atoms with E-state index in [1.807, 2.05) is 0 Å². The van der Waals surface area contributed by atoms with Crippen molar-refractivity contribution in [2.24, 2.45) is 11.3 Å². The Balaban J connectivity index is 0.00000250. The average Bonchev–Trinajstić information content (AvgIpc) is 3.53. The molecule has 0 bridgehead atoms. The van der Waals surface area contributed by atoms with E-state index in [1.54, 1.807) is 17.6 Å². The van der Waals surface area contributed by atoms with Gasteiger partial charge in [0.15, 0.2) is 0 Å². The van der Waals surface area contributed by atoms with Gasteiger partial charge >= 0.3 is 282 Å². The van der Waals surface area contributed by atoms with E-state index >= 15 is 0 Å². The van der Waals surface area contributed by atoms with Crippen LogP contribution < -0.4 is 24.8 Å². The topological polar surface area (TPSA) is 0 Å². The molecule has 4 aromatic carbocycles. The molecule has 47 heavy (non-hydrogen) atoms. The van der Waals surface area contributed by atoms with Crippen molar-refractivity contribution in [3.8, 4) is 11.1 Å². The number of halogens is 2. The summed E-state index contributed by atoms with van der Waals surface area (Å²) in [6.45, 7) is 23.6. The minimum atomic E-state index is -2.82. The van der Waals surface area contributed by atoms with Crippen LogP contribution in [0.3, 0.4) is 0 Å². The Bertz CT molecular complexity index is 1730. The van der Waals surface area contributed by atoms with Gasteiger partial charge in [-0.1, -0.05) is 0 Å². The minimum Gasteiger partial charge on any atom is -1.00 e. The SMILES string of the molecule is CC1C=C(C(C)(C)C)C=[C]1[Zr+2](=[C](c1ccccc1)c1ccccc1)[CH]1c2ccc(C(C)(C)C)cc2-c2cc(C(C)(C)C)ccc21.[Cl-].[Cl-]. The van der Waals surface area contributed by atoms with Gasteiger partial charge in [-0.3, -0.25) is 0 Å². The van der Waals surface area contributed by atoms with Gasteiger partial charge in [-0.25, -0.2) is 0 Å². The maximum Gasteiger partial charge on any atom is -1.00 e. The van der Waals surface area contributed by atoms with E-state index in [9.17, 15) is 0 Å². The molecule has 0 aliphatic heterocycles. The number of allylic oxidation sites excluding steroid dienone is 4. The Morgan fingerprint density at radius 2 is 0.979 bits per heavy atom. The molecule has 0 heterocycles. The van der Waals surface area contributed by atoms with Crippen LogP contribution in [-0.2, 0) is 32.1 Å². The molecule has 0 nitrogen and oxygen atoms in total. The fourth-order valence-corrected chi connectivity index (χ4v) is 16.7. The van der Waals surface area contributed by atoms with E-state index < -0.39 is 21.3 Å². The van der Waals surface area contributed by atoms with Gasteiger partial charge in [-0.05, 0) is 0 Å². The standard InChI is InChI=1S/C21H25.C13H10.C10H15.2ClH.Zr/c1-20(2,3)16-9-7-14-11-15-8-10-17(21(4,5)6)13-19(15)18(14)12-16;1-3-7-12(8-4-1)11-13-9-5-2-6-10-13;1-8-5-6-9(7-8)10(2,3)4;;;/h7-13H,1-6H3;1-10H;6-8H,1-4H3;2*1H;/q;;;;;+2/p-2. The van der Waals surface area contributed by atoms with Gasteiger partial charge in [0.2, 0.25) is 0 Å². The maximum atomic E-state index is 2.65. The van der Waals surface area contributed by atoms with Gasteiger partial charge in [0.25, 0.3) is 0 Å². The van der Waals surface area contributed by atoms with Gasteiger partial charge in [0.05, 0.1) is 0 Å². The average molecular weight is 741 g/mol. The van der Waals surface area contributed by atoms with Crippen LogP contribution in [0.2, 0.25) is 0 Å². The minimum absolute atomic E-state index is 0. The van der Waals surface area contributed by atoms with Gasteiger partial charge in [0.1, 0.15) is 0 Å². The zero-order chi connectivity index (χ0) is 32.3. The zero-order valence-corrected chi connectivity index (χ0v) is 33.8. The Hall–Kier alpha value is -2.31. The molecule has 1 atom stereocenters. The molecule has 2 aliphatic carbocycles. The van der Waals surface area contributed by atoms with Gasteiger partial charge < -0.3 is 24.8 Å². The molecule has 0 saturated carbocycles. The first-order valence-electron chi connectivity index (χ1n) is 16.7. The summed E-state index contributed by atoms with van der Waals surface area (Å²) >= 11 is -2.82. The number of hydrogen-bond donors (Lipinski definition) is 0. The van der Waals surface area contributed by atoms with Gasteiger partial charge in [-0.2, -0.15) is 0 Å². The summed E-state index contributed by atoms with van der Waals surface area (Å²) in [5.41, 5.74) is 13.4. The molecule has 4 aromatic rings. The van der Waals surface area contributed by atoms with Crippen LogP contribution in [0.4, 0.5) is 0 Å². The predicted octanol–water partition coefficient (Wildman–Crippen LogP) is 5.75. The van der Waals surface area contributed by atoms with E-state index in [1.165, 1.54) is 39.0 Å². The molecule has 0 fully saturated rings. The largest absolute Gasteiger partial charge is 1.00 e. The van der Waals surface area contributed by atoms with Crippen molar-refractivity contribution in [3.63, 3.8) is 0 Å². The third-order valence-electron chi connectivity index (χ3n) is 9.84. The van der Waals surface area contributed by atoms with Crippen LogP contribution in [0.5, 0.6) is 0 Å². The summed E-state index contributed by atoms with van der Waals surface area (Å²) in [7, 11) is 0. The monoisotopic (exact) mass is 738 g/mol. The summed E-state index contributed by atoms with van der Waals surface area (Å²) in [5, 5.41) is 0. The second kappa shape index (κ2) is 13.9. The molecule has 2 aliphatic rings. The van der Waals surface area contributed by atoms with Crippen molar-refractivity contribution < 1.29 is 46.1 Å². The predicted molar refractivity (Wildman–Crippen MR) is 192 cm³/mol. The van der Waals surface area contributed by atoms with Crippen LogP contribution in [0.15, 0.2) is 118 Å². The molecule has 0 spiro atoms. The van der Waals surface area contributed by atoms with Crippen molar-refractivity contribution >= 4 is 3.21 Å². The van der Waals surface area contributed by atoms with Gasteiger partial charge in [-0.15, -0.1) is 0 Å². The first-order chi connectivity index (χ1) is 21.1. The molecule has 6 rings (SSSR count). The molecule has 1 unspecified atom stereocenters. The molecule has 0 radical (unpaired) electrons. The Labute approximate surface area is 304 Å². The van der Waals surface area contributed by atoms with Crippen LogP contribution in [0, 0.1) is 11.3 Å². The Kier molecular flexibility index (Phi) is 11.1.